The highest BCUT2D eigenvalue weighted by atomic mass is 127. The normalized spacial score (nSPS) is 10.7. The Labute approximate surface area is 159 Å². The Morgan fingerprint density at radius 1 is 0.667 bits per heavy atom. The summed E-state index contributed by atoms with van der Waals surface area (Å²) in [4.78, 5) is 0.151. The average molecular weight is 452 g/mol. The van der Waals surface area contributed by atoms with Crippen LogP contribution in [0.3, 0.4) is 0 Å². The maximum Gasteiger partial charge on any atom is 0.339 e. The van der Waals surface area contributed by atoms with Crippen LogP contribution in [0.4, 0.5) is 0 Å². The van der Waals surface area contributed by atoms with Crippen molar-refractivity contribution < 1.29 is 12.6 Å². The van der Waals surface area contributed by atoms with Crippen molar-refractivity contribution in [3.05, 3.63) is 96.1 Å². The van der Waals surface area contributed by atoms with E-state index in [1.54, 1.807) is 42.5 Å². The third-order valence-electron chi connectivity index (χ3n) is 3.41. The monoisotopic (exact) mass is 452 g/mol. The summed E-state index contributed by atoms with van der Waals surface area (Å²) in [6, 6.07) is 25.3. The molecule has 124 valence electrons. The van der Waals surface area contributed by atoms with Crippen LogP contribution in [0.2, 0.25) is 0 Å². The molecular weight excluding hydrogens is 435 g/mol. The molecule has 24 heavy (non-hydrogen) atoms. The highest BCUT2D eigenvalue weighted by Gasteiger charge is 2.16. The van der Waals surface area contributed by atoms with Crippen molar-refractivity contribution in [1.29, 1.82) is 0 Å². The predicted octanol–water partition coefficient (Wildman–Crippen LogP) is 4.66. The molecule has 3 nitrogen and oxygen atoms in total. The molecular formula is C19H17IO3S. The van der Waals surface area contributed by atoms with Gasteiger partial charge in [0.05, 0.1) is 0 Å². The summed E-state index contributed by atoms with van der Waals surface area (Å²) in [5.41, 5.74) is 2.23. The maximum absolute atomic E-state index is 12.2. The molecule has 0 radical (unpaired) electrons. The first kappa shape index (κ1) is 18.5. The summed E-state index contributed by atoms with van der Waals surface area (Å²) in [5.74, 6) is 0.306. The van der Waals surface area contributed by atoms with Gasteiger partial charge in [-0.2, -0.15) is 8.42 Å². The van der Waals surface area contributed by atoms with Crippen molar-refractivity contribution >= 4 is 34.1 Å². The predicted molar refractivity (Wildman–Crippen MR) is 105 cm³/mol. The molecule has 0 heterocycles. The zero-order chi connectivity index (χ0) is 16.1. The van der Waals surface area contributed by atoms with Crippen molar-refractivity contribution in [2.24, 2.45) is 0 Å². The van der Waals surface area contributed by atoms with E-state index in [1.807, 2.05) is 42.5 Å². The van der Waals surface area contributed by atoms with Crippen LogP contribution in [0.5, 0.6) is 5.75 Å². The van der Waals surface area contributed by atoms with Crippen LogP contribution < -0.4 is 4.18 Å². The number of hydrogen-bond donors (Lipinski definition) is 0. The third-order valence-corrected chi connectivity index (χ3v) is 4.67. The second kappa shape index (κ2) is 8.30. The molecule has 0 bridgehead atoms. The Hall–Kier alpha value is -1.86. The minimum atomic E-state index is -3.80. The van der Waals surface area contributed by atoms with Gasteiger partial charge < -0.3 is 4.18 Å². The fourth-order valence-electron chi connectivity index (χ4n) is 2.26. The van der Waals surface area contributed by atoms with Gasteiger partial charge in [-0.3, -0.25) is 0 Å². The molecule has 0 saturated carbocycles. The lowest BCUT2D eigenvalue weighted by Gasteiger charge is -2.08. The molecule has 0 fully saturated rings. The lowest BCUT2D eigenvalue weighted by atomic mass is 10.1. The minimum Gasteiger partial charge on any atom is -0.379 e. The van der Waals surface area contributed by atoms with E-state index >= 15 is 0 Å². The Kier molecular flexibility index (Phi) is 6.39. The van der Waals surface area contributed by atoms with Crippen molar-refractivity contribution in [3.63, 3.8) is 0 Å². The van der Waals surface area contributed by atoms with E-state index in [9.17, 15) is 8.42 Å². The maximum atomic E-state index is 12.2. The summed E-state index contributed by atoms with van der Waals surface area (Å²) < 4.78 is 29.6. The van der Waals surface area contributed by atoms with Gasteiger partial charge >= 0.3 is 10.1 Å². The molecule has 0 aromatic heterocycles. The number of hydrogen-bond acceptors (Lipinski definition) is 3. The van der Waals surface area contributed by atoms with Gasteiger partial charge in [0.1, 0.15) is 10.6 Å². The van der Waals surface area contributed by atoms with E-state index in [1.165, 1.54) is 5.56 Å². The highest BCUT2D eigenvalue weighted by molar-refractivity contribution is 14.0. The molecule has 0 aliphatic heterocycles. The fourth-order valence-corrected chi connectivity index (χ4v) is 3.19. The quantitative estimate of drug-likeness (QED) is 0.418. The van der Waals surface area contributed by atoms with Crippen molar-refractivity contribution in [3.8, 4) is 5.75 Å². The van der Waals surface area contributed by atoms with Crippen molar-refractivity contribution in [2.45, 2.75) is 11.3 Å². The molecule has 3 aromatic carbocycles. The molecule has 0 saturated heterocycles. The topological polar surface area (TPSA) is 43.4 Å². The number of halogens is 1. The van der Waals surface area contributed by atoms with Gasteiger partial charge in [-0.1, -0.05) is 60.7 Å². The number of benzene rings is 3. The Morgan fingerprint density at radius 2 is 1.17 bits per heavy atom. The SMILES string of the molecule is I.O=S(=O)(Oc1ccccc1)c1ccc(Cc2ccccc2)cc1. The van der Waals surface area contributed by atoms with E-state index in [0.29, 0.717) is 5.75 Å². The molecule has 0 spiro atoms. The Bertz CT molecular complexity index is 862. The van der Waals surface area contributed by atoms with Gasteiger partial charge in [0.15, 0.2) is 0 Å². The minimum absolute atomic E-state index is 0. The van der Waals surface area contributed by atoms with E-state index in [0.717, 1.165) is 12.0 Å². The first-order chi connectivity index (χ1) is 11.1. The van der Waals surface area contributed by atoms with E-state index in [4.69, 9.17) is 4.18 Å². The molecule has 0 unspecified atom stereocenters. The van der Waals surface area contributed by atoms with Crippen LogP contribution in [0, 0.1) is 0 Å². The largest absolute Gasteiger partial charge is 0.379 e. The van der Waals surface area contributed by atoms with Gasteiger partial charge in [-0.05, 0) is 41.8 Å². The fraction of sp³-hybridized carbons (Fsp3) is 0.0526. The molecule has 0 amide bonds. The summed E-state index contributed by atoms with van der Waals surface area (Å²) in [6.07, 6.45) is 0.765. The first-order valence-corrected chi connectivity index (χ1v) is 8.67. The summed E-state index contributed by atoms with van der Waals surface area (Å²) >= 11 is 0. The molecule has 0 atom stereocenters. The summed E-state index contributed by atoms with van der Waals surface area (Å²) in [7, 11) is -3.80. The van der Waals surface area contributed by atoms with Gasteiger partial charge in [0.2, 0.25) is 0 Å². The molecule has 5 heteroatoms. The van der Waals surface area contributed by atoms with Crippen LogP contribution >= 0.6 is 24.0 Å². The Morgan fingerprint density at radius 3 is 1.75 bits per heavy atom. The lowest BCUT2D eigenvalue weighted by Crippen LogP contribution is -2.09. The van der Waals surface area contributed by atoms with E-state index in [2.05, 4.69) is 0 Å². The number of para-hydroxylation sites is 1. The van der Waals surface area contributed by atoms with Gasteiger partial charge in [0, 0.05) is 0 Å². The van der Waals surface area contributed by atoms with Crippen LogP contribution in [0.25, 0.3) is 0 Å². The zero-order valence-electron chi connectivity index (χ0n) is 12.8. The second-order valence-electron chi connectivity index (χ2n) is 5.16. The van der Waals surface area contributed by atoms with Crippen LogP contribution in [0.15, 0.2) is 89.8 Å². The lowest BCUT2D eigenvalue weighted by molar-refractivity contribution is 0.486. The van der Waals surface area contributed by atoms with Crippen LogP contribution in [0.1, 0.15) is 11.1 Å². The van der Waals surface area contributed by atoms with Crippen molar-refractivity contribution in [1.82, 2.24) is 0 Å². The second-order valence-corrected chi connectivity index (χ2v) is 6.70. The average Bonchev–Trinajstić information content (AvgIpc) is 2.57. The smallest absolute Gasteiger partial charge is 0.339 e. The van der Waals surface area contributed by atoms with E-state index in [-0.39, 0.29) is 28.9 Å². The zero-order valence-corrected chi connectivity index (χ0v) is 16.0. The first-order valence-electron chi connectivity index (χ1n) is 7.26. The standard InChI is InChI=1S/C19H16O3S.HI/c20-23(21,22-18-9-5-2-6-10-18)19-13-11-17(12-14-19)15-16-7-3-1-4-8-16;/h1-14H,15H2;1H. The van der Waals surface area contributed by atoms with E-state index < -0.39 is 10.1 Å². The van der Waals surface area contributed by atoms with Crippen molar-refractivity contribution in [2.75, 3.05) is 0 Å². The van der Waals surface area contributed by atoms with Gasteiger partial charge in [0.25, 0.3) is 0 Å². The molecule has 0 N–H and O–H groups in total. The van der Waals surface area contributed by atoms with Crippen LogP contribution in [-0.2, 0) is 16.5 Å². The van der Waals surface area contributed by atoms with Gasteiger partial charge in [-0.15, -0.1) is 24.0 Å². The third kappa shape index (κ3) is 4.82. The molecule has 3 rings (SSSR count). The molecule has 0 aliphatic carbocycles. The van der Waals surface area contributed by atoms with Crippen LogP contribution in [-0.4, -0.2) is 8.42 Å². The summed E-state index contributed by atoms with van der Waals surface area (Å²) in [5, 5.41) is 0. The molecule has 3 aromatic rings. The van der Waals surface area contributed by atoms with Gasteiger partial charge in [-0.25, -0.2) is 0 Å². The number of rotatable bonds is 5. The molecule has 0 aliphatic rings. The Balaban J connectivity index is 0.00000208. The summed E-state index contributed by atoms with van der Waals surface area (Å²) in [6.45, 7) is 0. The highest BCUT2D eigenvalue weighted by Crippen LogP contribution is 2.19.